The maximum Gasteiger partial charge on any atom is 0.411 e. The first-order chi connectivity index (χ1) is 10.3. The summed E-state index contributed by atoms with van der Waals surface area (Å²) in [6, 6.07) is -0.712. The summed E-state index contributed by atoms with van der Waals surface area (Å²) >= 11 is 0. The van der Waals surface area contributed by atoms with Gasteiger partial charge in [0.05, 0.1) is 13.2 Å². The molecule has 2 unspecified atom stereocenters. The molecule has 1 amide bonds. The number of esters is 1. The Bertz CT molecular complexity index is 385. The quantitative estimate of drug-likeness (QED) is 0.583. The Hall–Kier alpha value is -1.52. The fraction of sp³-hybridized carbons (Fsp3) is 0.765. The van der Waals surface area contributed by atoms with Crippen molar-refractivity contribution in [3.8, 4) is 0 Å². The molecule has 0 N–H and O–H groups in total. The number of nitrogens with zero attached hydrogens (tertiary/aromatic N) is 1. The molecular weight excluding hydrogens is 282 g/mol. The lowest BCUT2D eigenvalue weighted by molar-refractivity contribution is -0.147. The van der Waals surface area contributed by atoms with Crippen LogP contribution in [0.5, 0.6) is 0 Å². The average Bonchev–Trinajstić information content (AvgIpc) is 2.97. The van der Waals surface area contributed by atoms with E-state index in [1.807, 2.05) is 53.7 Å². The first-order valence-corrected chi connectivity index (χ1v) is 8.06. The molecule has 1 aliphatic rings. The van der Waals surface area contributed by atoms with E-state index in [1.165, 1.54) is 12.0 Å². The Morgan fingerprint density at radius 1 is 1.32 bits per heavy atom. The van der Waals surface area contributed by atoms with Gasteiger partial charge in [-0.1, -0.05) is 32.9 Å². The van der Waals surface area contributed by atoms with Crippen LogP contribution in [0, 0.1) is 0 Å². The largest absolute Gasteiger partial charge is 0.467 e. The van der Waals surface area contributed by atoms with Crippen LogP contribution in [-0.2, 0) is 14.3 Å². The summed E-state index contributed by atoms with van der Waals surface area (Å²) in [5.74, 6) is -0.404. The molecule has 1 aliphatic carbocycles. The molecule has 0 saturated carbocycles. The molecule has 1 rings (SSSR count). The molecule has 0 bridgehead atoms. The third kappa shape index (κ3) is 6.08. The Balaban J connectivity index is 0.00000211. The number of hydrogen-bond donors (Lipinski definition) is 0. The highest BCUT2D eigenvalue weighted by molar-refractivity contribution is 5.82. The molecule has 0 aromatic carbocycles. The van der Waals surface area contributed by atoms with Gasteiger partial charge in [0.15, 0.2) is 0 Å². The van der Waals surface area contributed by atoms with E-state index in [9.17, 15) is 9.59 Å². The second-order valence-corrected chi connectivity index (χ2v) is 5.91. The molecule has 0 radical (unpaired) electrons. The minimum absolute atomic E-state index is 0.103. The Labute approximate surface area is 134 Å². The van der Waals surface area contributed by atoms with Crippen LogP contribution in [0.2, 0.25) is 0 Å². The summed E-state index contributed by atoms with van der Waals surface area (Å²) in [5.41, 5.74) is -0.591. The molecule has 128 valence electrons. The zero-order valence-corrected chi connectivity index (χ0v) is 15.0. The van der Waals surface area contributed by atoms with Crippen molar-refractivity contribution in [1.29, 1.82) is 0 Å². The van der Waals surface area contributed by atoms with Crippen molar-refractivity contribution in [2.75, 3.05) is 7.11 Å². The highest BCUT2D eigenvalue weighted by atomic mass is 16.6. The van der Waals surface area contributed by atoms with Crippen LogP contribution in [0.4, 0.5) is 4.79 Å². The Morgan fingerprint density at radius 2 is 1.91 bits per heavy atom. The van der Waals surface area contributed by atoms with Crippen LogP contribution < -0.4 is 0 Å². The lowest BCUT2D eigenvalue weighted by Crippen LogP contribution is -2.51. The van der Waals surface area contributed by atoms with Gasteiger partial charge in [-0.3, -0.25) is 4.90 Å². The summed E-state index contributed by atoms with van der Waals surface area (Å²) in [7, 11) is 1.34. The predicted octanol–water partition coefficient (Wildman–Crippen LogP) is 3.92. The third-order valence-electron chi connectivity index (χ3n) is 3.14. The normalized spacial score (nSPS) is 18.0. The molecule has 0 saturated heterocycles. The van der Waals surface area contributed by atoms with Gasteiger partial charge in [-0.2, -0.15) is 0 Å². The van der Waals surface area contributed by atoms with Gasteiger partial charge in [0.2, 0.25) is 0 Å². The van der Waals surface area contributed by atoms with Gasteiger partial charge in [0.25, 0.3) is 0 Å². The molecule has 0 heterocycles. The molecular formula is C17H31NO4. The van der Waals surface area contributed by atoms with Crippen LogP contribution in [0.25, 0.3) is 0 Å². The minimum Gasteiger partial charge on any atom is -0.467 e. The molecule has 22 heavy (non-hydrogen) atoms. The van der Waals surface area contributed by atoms with Crippen LogP contribution in [0.1, 0.15) is 60.8 Å². The summed E-state index contributed by atoms with van der Waals surface area (Å²) in [4.78, 5) is 25.9. The van der Waals surface area contributed by atoms with Crippen molar-refractivity contribution >= 4 is 12.1 Å². The second-order valence-electron chi connectivity index (χ2n) is 5.91. The molecule has 0 fully saturated rings. The van der Waals surface area contributed by atoms with Gasteiger partial charge < -0.3 is 9.47 Å². The van der Waals surface area contributed by atoms with E-state index in [-0.39, 0.29) is 6.04 Å². The van der Waals surface area contributed by atoms with Gasteiger partial charge in [-0.25, -0.2) is 9.59 Å². The lowest BCUT2D eigenvalue weighted by atomic mass is 10.1. The zero-order valence-electron chi connectivity index (χ0n) is 15.0. The summed E-state index contributed by atoms with van der Waals surface area (Å²) < 4.78 is 10.2. The maximum absolute atomic E-state index is 12.4. The first kappa shape index (κ1) is 20.5. The SMILES string of the molecule is CC.CCC(C(=O)OC)N(C(=O)OC(C)(C)C)C1C=CCC1. The highest BCUT2D eigenvalue weighted by Gasteiger charge is 2.37. The number of amides is 1. The molecule has 5 nitrogen and oxygen atoms in total. The predicted molar refractivity (Wildman–Crippen MR) is 87.7 cm³/mol. The number of hydrogen-bond acceptors (Lipinski definition) is 4. The van der Waals surface area contributed by atoms with E-state index in [0.717, 1.165) is 12.8 Å². The average molecular weight is 313 g/mol. The molecule has 0 aliphatic heterocycles. The van der Waals surface area contributed by atoms with Gasteiger partial charge in [0.1, 0.15) is 11.6 Å². The van der Waals surface area contributed by atoms with Gasteiger partial charge in [-0.05, 0) is 40.0 Å². The lowest BCUT2D eigenvalue weighted by Gasteiger charge is -2.35. The summed E-state index contributed by atoms with van der Waals surface area (Å²) in [6.45, 7) is 11.3. The van der Waals surface area contributed by atoms with E-state index in [0.29, 0.717) is 6.42 Å². The maximum atomic E-state index is 12.4. The van der Waals surface area contributed by atoms with Crippen molar-refractivity contribution < 1.29 is 19.1 Å². The fourth-order valence-corrected chi connectivity index (χ4v) is 2.27. The van der Waals surface area contributed by atoms with Gasteiger partial charge in [-0.15, -0.1) is 0 Å². The Morgan fingerprint density at radius 3 is 2.27 bits per heavy atom. The van der Waals surface area contributed by atoms with E-state index in [4.69, 9.17) is 9.47 Å². The van der Waals surface area contributed by atoms with Crippen molar-refractivity contribution in [3.05, 3.63) is 12.2 Å². The van der Waals surface area contributed by atoms with Crippen LogP contribution in [-0.4, -0.2) is 41.8 Å². The zero-order chi connectivity index (χ0) is 17.3. The van der Waals surface area contributed by atoms with E-state index in [2.05, 4.69) is 0 Å². The van der Waals surface area contributed by atoms with Crippen molar-refractivity contribution in [2.24, 2.45) is 0 Å². The number of allylic oxidation sites excluding steroid dienone is 1. The number of rotatable bonds is 4. The van der Waals surface area contributed by atoms with Crippen LogP contribution >= 0.6 is 0 Å². The Kier molecular flexibility index (Phi) is 8.83. The monoisotopic (exact) mass is 313 g/mol. The molecule has 0 aromatic heterocycles. The molecule has 5 heteroatoms. The summed E-state index contributed by atoms with van der Waals surface area (Å²) in [5, 5.41) is 0. The number of methoxy groups -OCH3 is 1. The number of ether oxygens (including phenoxy) is 2. The minimum atomic E-state index is -0.609. The van der Waals surface area contributed by atoms with Gasteiger partial charge in [0, 0.05) is 0 Å². The van der Waals surface area contributed by atoms with E-state index >= 15 is 0 Å². The standard InChI is InChI=1S/C15H25NO4.C2H6/c1-6-12(13(17)19-5)16(11-9-7-8-10-11)14(18)20-15(2,3)4;1-2/h7,9,11-12H,6,8,10H2,1-5H3;1-2H3. The van der Waals surface area contributed by atoms with Crippen molar-refractivity contribution in [1.82, 2.24) is 4.90 Å². The van der Waals surface area contributed by atoms with Crippen LogP contribution in [0.3, 0.4) is 0 Å². The van der Waals surface area contributed by atoms with E-state index < -0.39 is 23.7 Å². The topological polar surface area (TPSA) is 55.8 Å². The molecule has 0 aromatic rings. The molecule has 0 spiro atoms. The fourth-order valence-electron chi connectivity index (χ4n) is 2.27. The molecule has 2 atom stereocenters. The number of carbonyl (C=O) groups is 2. The first-order valence-electron chi connectivity index (χ1n) is 8.06. The van der Waals surface area contributed by atoms with Crippen molar-refractivity contribution in [2.45, 2.75) is 78.5 Å². The second kappa shape index (κ2) is 9.49. The number of carbonyl (C=O) groups excluding carboxylic acids is 2. The van der Waals surface area contributed by atoms with Gasteiger partial charge >= 0.3 is 12.1 Å². The van der Waals surface area contributed by atoms with Crippen LogP contribution in [0.15, 0.2) is 12.2 Å². The smallest absolute Gasteiger partial charge is 0.411 e. The highest BCUT2D eigenvalue weighted by Crippen LogP contribution is 2.23. The van der Waals surface area contributed by atoms with E-state index in [1.54, 1.807) is 0 Å². The third-order valence-corrected chi connectivity index (χ3v) is 3.14. The summed E-state index contributed by atoms with van der Waals surface area (Å²) in [6.07, 6.45) is 5.72. The van der Waals surface area contributed by atoms with Crippen molar-refractivity contribution in [3.63, 3.8) is 0 Å².